The molecule has 2 fully saturated rings. The summed E-state index contributed by atoms with van der Waals surface area (Å²) < 4.78 is 0. The molecule has 1 aromatic heterocycles. The van der Waals surface area contributed by atoms with Crippen LogP contribution in [0.3, 0.4) is 0 Å². The van der Waals surface area contributed by atoms with Gasteiger partial charge in [0, 0.05) is 25.0 Å². The molecule has 0 spiro atoms. The summed E-state index contributed by atoms with van der Waals surface area (Å²) in [5, 5.41) is 3.67. The van der Waals surface area contributed by atoms with Gasteiger partial charge in [0.1, 0.15) is 0 Å². The molecule has 3 rings (SSSR count). The number of pyridine rings is 1. The SMILES string of the molecule is c1cc(CCN2CCC(CNC3CC3)CC2)ccn1. The molecule has 1 saturated carbocycles. The Balaban J connectivity index is 1.33. The second-order valence-electron chi connectivity index (χ2n) is 6.07. The minimum Gasteiger partial charge on any atom is -0.314 e. The zero-order valence-electron chi connectivity index (χ0n) is 11.7. The summed E-state index contributed by atoms with van der Waals surface area (Å²) >= 11 is 0. The molecule has 2 aliphatic rings. The van der Waals surface area contributed by atoms with E-state index in [0.717, 1.165) is 18.4 Å². The molecule has 104 valence electrons. The zero-order chi connectivity index (χ0) is 12.9. The highest BCUT2D eigenvalue weighted by Gasteiger charge is 2.24. The molecule has 1 saturated heterocycles. The fourth-order valence-electron chi connectivity index (χ4n) is 2.87. The van der Waals surface area contributed by atoms with Crippen LogP contribution in [-0.2, 0) is 6.42 Å². The number of rotatable bonds is 6. The smallest absolute Gasteiger partial charge is 0.0270 e. The van der Waals surface area contributed by atoms with Crippen molar-refractivity contribution in [2.24, 2.45) is 5.92 Å². The summed E-state index contributed by atoms with van der Waals surface area (Å²) in [5.74, 6) is 0.915. The van der Waals surface area contributed by atoms with E-state index >= 15 is 0 Å². The molecule has 0 radical (unpaired) electrons. The van der Waals surface area contributed by atoms with Crippen molar-refractivity contribution in [3.8, 4) is 0 Å². The molecule has 0 aromatic carbocycles. The molecule has 0 bridgehead atoms. The van der Waals surface area contributed by atoms with Crippen LogP contribution >= 0.6 is 0 Å². The standard InChI is InChI=1S/C16H25N3/c1-2-16(1)18-13-15-6-11-19(12-7-15)10-5-14-3-8-17-9-4-14/h3-4,8-9,15-16,18H,1-2,5-7,10-13H2. The highest BCUT2D eigenvalue weighted by molar-refractivity contribution is 5.09. The van der Waals surface area contributed by atoms with E-state index in [1.807, 2.05) is 12.4 Å². The Morgan fingerprint density at radius 2 is 1.84 bits per heavy atom. The summed E-state index contributed by atoms with van der Waals surface area (Å²) in [7, 11) is 0. The fraction of sp³-hybridized carbons (Fsp3) is 0.688. The molecule has 3 nitrogen and oxygen atoms in total. The van der Waals surface area contributed by atoms with E-state index in [1.165, 1.54) is 57.4 Å². The lowest BCUT2D eigenvalue weighted by Gasteiger charge is -2.32. The van der Waals surface area contributed by atoms with Crippen molar-refractivity contribution in [3.63, 3.8) is 0 Å². The van der Waals surface area contributed by atoms with Gasteiger partial charge in [-0.2, -0.15) is 0 Å². The van der Waals surface area contributed by atoms with Crippen LogP contribution in [-0.4, -0.2) is 42.1 Å². The third-order valence-electron chi connectivity index (χ3n) is 4.45. The van der Waals surface area contributed by atoms with Crippen LogP contribution in [0.1, 0.15) is 31.2 Å². The van der Waals surface area contributed by atoms with E-state index < -0.39 is 0 Å². The monoisotopic (exact) mass is 259 g/mol. The van der Waals surface area contributed by atoms with Crippen LogP contribution < -0.4 is 5.32 Å². The van der Waals surface area contributed by atoms with E-state index in [-0.39, 0.29) is 0 Å². The molecular formula is C16H25N3. The first-order chi connectivity index (χ1) is 9.40. The number of hydrogen-bond donors (Lipinski definition) is 1. The van der Waals surface area contributed by atoms with Gasteiger partial charge in [-0.05, 0) is 75.4 Å². The van der Waals surface area contributed by atoms with Crippen LogP contribution in [0.2, 0.25) is 0 Å². The Bertz CT molecular complexity index is 367. The first kappa shape index (κ1) is 13.1. The molecule has 0 amide bonds. The molecule has 2 heterocycles. The molecule has 1 N–H and O–H groups in total. The van der Waals surface area contributed by atoms with E-state index in [9.17, 15) is 0 Å². The number of likely N-dealkylation sites (tertiary alicyclic amines) is 1. The topological polar surface area (TPSA) is 28.2 Å². The van der Waals surface area contributed by atoms with Crippen molar-refractivity contribution in [1.82, 2.24) is 15.2 Å². The van der Waals surface area contributed by atoms with Crippen molar-refractivity contribution in [2.75, 3.05) is 26.2 Å². The lowest BCUT2D eigenvalue weighted by molar-refractivity contribution is 0.184. The van der Waals surface area contributed by atoms with Crippen molar-refractivity contribution >= 4 is 0 Å². The molecule has 19 heavy (non-hydrogen) atoms. The van der Waals surface area contributed by atoms with E-state index in [0.29, 0.717) is 0 Å². The molecule has 1 aliphatic heterocycles. The Labute approximate surface area is 116 Å². The first-order valence-corrected chi connectivity index (χ1v) is 7.75. The van der Waals surface area contributed by atoms with Crippen molar-refractivity contribution in [1.29, 1.82) is 0 Å². The first-order valence-electron chi connectivity index (χ1n) is 7.75. The summed E-state index contributed by atoms with van der Waals surface area (Å²) in [6.07, 6.45) is 10.5. The number of nitrogens with one attached hydrogen (secondary N) is 1. The summed E-state index contributed by atoms with van der Waals surface area (Å²) in [6, 6.07) is 5.13. The average molecular weight is 259 g/mol. The minimum atomic E-state index is 0.865. The van der Waals surface area contributed by atoms with Crippen LogP contribution in [0.4, 0.5) is 0 Å². The second-order valence-corrected chi connectivity index (χ2v) is 6.07. The lowest BCUT2D eigenvalue weighted by atomic mass is 9.96. The van der Waals surface area contributed by atoms with Gasteiger partial charge in [0.25, 0.3) is 0 Å². The number of piperidine rings is 1. The molecule has 0 atom stereocenters. The van der Waals surface area contributed by atoms with E-state index in [2.05, 4.69) is 27.3 Å². The van der Waals surface area contributed by atoms with Gasteiger partial charge in [-0.25, -0.2) is 0 Å². The van der Waals surface area contributed by atoms with Crippen LogP contribution in [0.25, 0.3) is 0 Å². The van der Waals surface area contributed by atoms with E-state index in [1.54, 1.807) is 0 Å². The van der Waals surface area contributed by atoms with Crippen molar-refractivity contribution in [2.45, 2.75) is 38.1 Å². The van der Waals surface area contributed by atoms with Crippen LogP contribution in [0.5, 0.6) is 0 Å². The molecule has 1 aliphatic carbocycles. The van der Waals surface area contributed by atoms with Crippen molar-refractivity contribution < 1.29 is 0 Å². The Morgan fingerprint density at radius 1 is 1.11 bits per heavy atom. The highest BCUT2D eigenvalue weighted by atomic mass is 15.1. The molecule has 1 aromatic rings. The molecular weight excluding hydrogens is 234 g/mol. The summed E-state index contributed by atoms with van der Waals surface area (Å²) in [5.41, 5.74) is 1.41. The highest BCUT2D eigenvalue weighted by Crippen LogP contribution is 2.21. The third kappa shape index (κ3) is 4.29. The van der Waals surface area contributed by atoms with Gasteiger partial charge in [-0.1, -0.05) is 0 Å². The van der Waals surface area contributed by atoms with Gasteiger partial charge in [-0.15, -0.1) is 0 Å². The van der Waals surface area contributed by atoms with Crippen molar-refractivity contribution in [3.05, 3.63) is 30.1 Å². The van der Waals surface area contributed by atoms with Gasteiger partial charge < -0.3 is 10.2 Å². The van der Waals surface area contributed by atoms with Crippen LogP contribution in [0, 0.1) is 5.92 Å². The Hall–Kier alpha value is -0.930. The largest absolute Gasteiger partial charge is 0.314 e. The number of nitrogens with zero attached hydrogens (tertiary/aromatic N) is 2. The van der Waals surface area contributed by atoms with Gasteiger partial charge in [-0.3, -0.25) is 4.98 Å². The Kier molecular flexibility index (Phi) is 4.46. The van der Waals surface area contributed by atoms with Crippen LogP contribution in [0.15, 0.2) is 24.5 Å². The van der Waals surface area contributed by atoms with E-state index in [4.69, 9.17) is 0 Å². The normalized spacial score (nSPS) is 21.7. The Morgan fingerprint density at radius 3 is 2.53 bits per heavy atom. The maximum absolute atomic E-state index is 4.07. The zero-order valence-corrected chi connectivity index (χ0v) is 11.7. The van der Waals surface area contributed by atoms with Gasteiger partial charge in [0.15, 0.2) is 0 Å². The quantitative estimate of drug-likeness (QED) is 0.848. The predicted molar refractivity (Wildman–Crippen MR) is 78.1 cm³/mol. The predicted octanol–water partition coefficient (Wildman–Crippen LogP) is 2.09. The maximum atomic E-state index is 4.07. The maximum Gasteiger partial charge on any atom is 0.0270 e. The van der Waals surface area contributed by atoms with Gasteiger partial charge in [0.05, 0.1) is 0 Å². The third-order valence-corrected chi connectivity index (χ3v) is 4.45. The summed E-state index contributed by atoms with van der Waals surface area (Å²) in [6.45, 7) is 5.01. The number of hydrogen-bond acceptors (Lipinski definition) is 3. The van der Waals surface area contributed by atoms with Gasteiger partial charge in [0.2, 0.25) is 0 Å². The number of aromatic nitrogens is 1. The lowest BCUT2D eigenvalue weighted by Crippen LogP contribution is -2.38. The molecule has 0 unspecified atom stereocenters. The van der Waals surface area contributed by atoms with Gasteiger partial charge >= 0.3 is 0 Å². The fourth-order valence-corrected chi connectivity index (χ4v) is 2.87. The summed E-state index contributed by atoms with van der Waals surface area (Å²) in [4.78, 5) is 6.69. The second kappa shape index (κ2) is 6.49. The minimum absolute atomic E-state index is 0.865. The average Bonchev–Trinajstić information content (AvgIpc) is 3.29. The molecule has 3 heteroatoms.